The minimum absolute atomic E-state index is 0.00145. The van der Waals surface area contributed by atoms with Gasteiger partial charge in [0.25, 0.3) is 5.69 Å². The Hall–Kier alpha value is -3.65. The van der Waals surface area contributed by atoms with Crippen molar-refractivity contribution in [2.45, 2.75) is 5.92 Å². The number of nitrogens with one attached hydrogen (secondary N) is 2. The SMILES string of the molecule is NC(=O)c1ccc(NC[C@H](c2cccs2)c2c[nH]c3ccccc23)c([N+](=O)[O-])c1. The second-order valence-electron chi connectivity index (χ2n) is 6.59. The quantitative estimate of drug-likeness (QED) is 0.310. The van der Waals surface area contributed by atoms with Crippen molar-refractivity contribution >= 4 is 39.5 Å². The predicted octanol–water partition coefficient (Wildman–Crippen LogP) is 4.48. The van der Waals surface area contributed by atoms with Crippen molar-refractivity contribution in [2.75, 3.05) is 11.9 Å². The maximum Gasteiger partial charge on any atom is 0.293 e. The lowest BCUT2D eigenvalue weighted by atomic mass is 9.96. The van der Waals surface area contributed by atoms with E-state index in [0.29, 0.717) is 12.2 Å². The molecule has 0 aliphatic heterocycles. The van der Waals surface area contributed by atoms with Crippen LogP contribution in [-0.4, -0.2) is 22.4 Å². The maximum atomic E-state index is 11.5. The normalized spacial score (nSPS) is 12.0. The first-order chi connectivity index (χ1) is 14.0. The molecule has 0 saturated carbocycles. The fraction of sp³-hybridized carbons (Fsp3) is 0.0952. The number of nitro benzene ring substituents is 1. The molecule has 2 aromatic heterocycles. The van der Waals surface area contributed by atoms with Crippen molar-refractivity contribution in [3.63, 3.8) is 0 Å². The topological polar surface area (TPSA) is 114 Å². The zero-order valence-electron chi connectivity index (χ0n) is 15.3. The van der Waals surface area contributed by atoms with Gasteiger partial charge in [-0.25, -0.2) is 0 Å². The van der Waals surface area contributed by atoms with Crippen LogP contribution in [0.5, 0.6) is 0 Å². The molecule has 0 spiro atoms. The minimum Gasteiger partial charge on any atom is -0.379 e. The van der Waals surface area contributed by atoms with Crippen LogP contribution in [0, 0.1) is 10.1 Å². The number of carbonyl (C=O) groups excluding carboxylic acids is 1. The van der Waals surface area contributed by atoms with Crippen LogP contribution >= 0.6 is 11.3 Å². The van der Waals surface area contributed by atoms with Crippen LogP contribution in [0.15, 0.2) is 66.2 Å². The van der Waals surface area contributed by atoms with Gasteiger partial charge in [0.15, 0.2) is 0 Å². The molecule has 7 nitrogen and oxygen atoms in total. The lowest BCUT2D eigenvalue weighted by Gasteiger charge is -2.17. The molecule has 0 saturated heterocycles. The highest BCUT2D eigenvalue weighted by Crippen LogP contribution is 2.34. The zero-order chi connectivity index (χ0) is 20.4. The third-order valence-electron chi connectivity index (χ3n) is 4.86. The highest BCUT2D eigenvalue weighted by atomic mass is 32.1. The van der Waals surface area contributed by atoms with Crippen molar-refractivity contribution in [3.05, 3.63) is 92.3 Å². The Morgan fingerprint density at radius 1 is 1.21 bits per heavy atom. The Morgan fingerprint density at radius 3 is 2.76 bits per heavy atom. The van der Waals surface area contributed by atoms with E-state index < -0.39 is 10.8 Å². The smallest absolute Gasteiger partial charge is 0.293 e. The molecule has 0 fully saturated rings. The van der Waals surface area contributed by atoms with Gasteiger partial charge in [0.05, 0.1) is 4.92 Å². The average Bonchev–Trinajstić information content (AvgIpc) is 3.39. The lowest BCUT2D eigenvalue weighted by molar-refractivity contribution is -0.384. The summed E-state index contributed by atoms with van der Waals surface area (Å²) in [5.41, 5.74) is 7.69. The van der Waals surface area contributed by atoms with Gasteiger partial charge >= 0.3 is 0 Å². The van der Waals surface area contributed by atoms with Crippen molar-refractivity contribution in [1.82, 2.24) is 4.98 Å². The van der Waals surface area contributed by atoms with E-state index in [4.69, 9.17) is 5.73 Å². The van der Waals surface area contributed by atoms with E-state index in [2.05, 4.69) is 22.4 Å². The van der Waals surface area contributed by atoms with Crippen LogP contribution < -0.4 is 11.1 Å². The molecule has 1 amide bonds. The molecule has 0 aliphatic carbocycles. The summed E-state index contributed by atoms with van der Waals surface area (Å²) in [4.78, 5) is 26.8. The van der Waals surface area contributed by atoms with Crippen LogP contribution in [-0.2, 0) is 0 Å². The fourth-order valence-electron chi connectivity index (χ4n) is 3.43. The molecule has 1 atom stereocenters. The van der Waals surface area contributed by atoms with E-state index in [1.165, 1.54) is 18.2 Å². The number of anilines is 1. The second kappa shape index (κ2) is 7.76. The number of nitrogens with two attached hydrogens (primary N) is 1. The summed E-state index contributed by atoms with van der Waals surface area (Å²) in [6.07, 6.45) is 1.99. The van der Waals surface area contributed by atoms with Crippen molar-refractivity contribution in [2.24, 2.45) is 5.73 Å². The number of aromatic amines is 1. The molecular weight excluding hydrogens is 388 g/mol. The summed E-state index contributed by atoms with van der Waals surface area (Å²) in [7, 11) is 0. The Balaban J connectivity index is 1.68. The van der Waals surface area contributed by atoms with Crippen molar-refractivity contribution in [3.8, 4) is 0 Å². The summed E-state index contributed by atoms with van der Waals surface area (Å²) in [6, 6.07) is 16.3. The summed E-state index contributed by atoms with van der Waals surface area (Å²) in [5.74, 6) is -0.698. The highest BCUT2D eigenvalue weighted by molar-refractivity contribution is 7.10. The number of fused-ring (bicyclic) bond motifs is 1. The first kappa shape index (κ1) is 18.7. The van der Waals surface area contributed by atoms with E-state index in [9.17, 15) is 14.9 Å². The first-order valence-corrected chi connectivity index (χ1v) is 9.84. The fourth-order valence-corrected chi connectivity index (χ4v) is 4.28. The molecule has 4 aromatic rings. The summed E-state index contributed by atoms with van der Waals surface area (Å²) in [6.45, 7) is 0.457. The van der Waals surface area contributed by atoms with Crippen LogP contribution in [0.3, 0.4) is 0 Å². The van der Waals surface area contributed by atoms with Gasteiger partial charge in [0.1, 0.15) is 5.69 Å². The number of amides is 1. The van der Waals surface area contributed by atoms with E-state index >= 15 is 0 Å². The monoisotopic (exact) mass is 406 g/mol. The van der Waals surface area contributed by atoms with Crippen LogP contribution in [0.2, 0.25) is 0 Å². The Morgan fingerprint density at radius 2 is 2.03 bits per heavy atom. The number of benzene rings is 2. The third-order valence-corrected chi connectivity index (χ3v) is 5.84. The number of nitro groups is 1. The number of thiophene rings is 1. The zero-order valence-corrected chi connectivity index (χ0v) is 16.1. The summed E-state index contributed by atoms with van der Waals surface area (Å²) < 4.78 is 0. The third kappa shape index (κ3) is 3.70. The van der Waals surface area contributed by atoms with Crippen LogP contribution in [0.1, 0.15) is 26.7 Å². The molecule has 2 aromatic carbocycles. The second-order valence-corrected chi connectivity index (χ2v) is 7.57. The number of aromatic nitrogens is 1. The lowest BCUT2D eigenvalue weighted by Crippen LogP contribution is -2.15. The number of rotatable bonds is 7. The minimum atomic E-state index is -0.699. The Kier molecular flexibility index (Phi) is 5.01. The molecule has 146 valence electrons. The van der Waals surface area contributed by atoms with Gasteiger partial charge in [-0.05, 0) is 35.2 Å². The molecule has 4 N–H and O–H groups in total. The van der Waals surface area contributed by atoms with Gasteiger partial charge < -0.3 is 16.0 Å². The number of carbonyl (C=O) groups is 1. The number of H-pyrrole nitrogens is 1. The molecule has 8 heteroatoms. The maximum absolute atomic E-state index is 11.5. The average molecular weight is 406 g/mol. The van der Waals surface area contributed by atoms with Gasteiger partial charge in [-0.3, -0.25) is 14.9 Å². The largest absolute Gasteiger partial charge is 0.379 e. The van der Waals surface area contributed by atoms with Gasteiger partial charge in [-0.1, -0.05) is 24.3 Å². The predicted molar refractivity (Wildman–Crippen MR) is 115 cm³/mol. The number of primary amides is 1. The summed E-state index contributed by atoms with van der Waals surface area (Å²) >= 11 is 1.64. The molecule has 4 rings (SSSR count). The molecular formula is C21H18N4O3S. The van der Waals surface area contributed by atoms with Crippen molar-refractivity contribution in [1.29, 1.82) is 0 Å². The standard InChI is InChI=1S/C21H18N4O3S/c22-21(26)13-7-8-18(19(10-13)25(27)28)24-12-16(20-6-3-9-29-20)15-11-23-17-5-2-1-4-14(15)17/h1-11,16,23-24H,12H2,(H2,22,26)/t16-/m0/s1. The molecule has 0 unspecified atom stereocenters. The number of hydrogen-bond acceptors (Lipinski definition) is 5. The number of hydrogen-bond donors (Lipinski definition) is 3. The van der Waals surface area contributed by atoms with Gasteiger partial charge in [-0.15, -0.1) is 11.3 Å². The first-order valence-electron chi connectivity index (χ1n) is 8.96. The van der Waals surface area contributed by atoms with Gasteiger partial charge in [0.2, 0.25) is 5.91 Å². The van der Waals surface area contributed by atoms with E-state index in [1.54, 1.807) is 11.3 Å². The Labute approximate surface area is 170 Å². The number of nitrogens with zero attached hydrogens (tertiary/aromatic N) is 1. The van der Waals surface area contributed by atoms with Crippen molar-refractivity contribution < 1.29 is 9.72 Å². The molecule has 2 heterocycles. The molecule has 0 aliphatic rings. The molecule has 0 bridgehead atoms. The molecule has 29 heavy (non-hydrogen) atoms. The van der Waals surface area contributed by atoms with E-state index in [-0.39, 0.29) is 17.2 Å². The Bertz CT molecular complexity index is 1180. The van der Waals surface area contributed by atoms with Gasteiger partial charge in [-0.2, -0.15) is 0 Å². The highest BCUT2D eigenvalue weighted by Gasteiger charge is 2.22. The van der Waals surface area contributed by atoms with E-state index in [0.717, 1.165) is 21.3 Å². The number of para-hydroxylation sites is 1. The van der Waals surface area contributed by atoms with E-state index in [1.807, 2.05) is 35.8 Å². The summed E-state index contributed by atoms with van der Waals surface area (Å²) in [5, 5.41) is 17.8. The van der Waals surface area contributed by atoms with Gasteiger partial charge in [0, 0.05) is 46.1 Å². The van der Waals surface area contributed by atoms with Crippen LogP contribution in [0.25, 0.3) is 10.9 Å². The van der Waals surface area contributed by atoms with Crippen LogP contribution in [0.4, 0.5) is 11.4 Å². The molecule has 0 radical (unpaired) electrons.